The first kappa shape index (κ1) is 27.5. The first-order valence-corrected chi connectivity index (χ1v) is 11.9. The number of nitrogens with one attached hydrogen (secondary N) is 2. The molecule has 3 rings (SSSR count). The fraction of sp³-hybridized carbons (Fsp3) is 0.500. The highest BCUT2D eigenvalue weighted by Crippen LogP contribution is 2.37. The van der Waals surface area contributed by atoms with Gasteiger partial charge in [0.2, 0.25) is 5.95 Å². The van der Waals surface area contributed by atoms with Gasteiger partial charge in [0.25, 0.3) is 0 Å². The van der Waals surface area contributed by atoms with Crippen LogP contribution in [0.5, 0.6) is 0 Å². The van der Waals surface area contributed by atoms with Crippen LogP contribution >= 0.6 is 11.3 Å². The summed E-state index contributed by atoms with van der Waals surface area (Å²) in [6, 6.07) is 0.315. The monoisotopic (exact) mass is 458 g/mol. The summed E-state index contributed by atoms with van der Waals surface area (Å²) in [7, 11) is 1.82. The predicted molar refractivity (Wildman–Crippen MR) is 140 cm³/mol. The number of thiazole rings is 1. The Morgan fingerprint density at radius 3 is 2.34 bits per heavy atom. The average Bonchev–Trinajstić information content (AvgIpc) is 3.41. The van der Waals surface area contributed by atoms with Crippen LogP contribution in [0.15, 0.2) is 24.4 Å². The summed E-state index contributed by atoms with van der Waals surface area (Å²) in [5.74, 6) is 1.78. The third-order valence-electron chi connectivity index (χ3n) is 4.94. The number of aliphatic hydroxyl groups excluding tert-OH is 1. The van der Waals surface area contributed by atoms with Gasteiger partial charge in [-0.05, 0) is 46.0 Å². The average molecular weight is 459 g/mol. The molecule has 0 spiro atoms. The van der Waals surface area contributed by atoms with Gasteiger partial charge in [0.1, 0.15) is 10.8 Å². The standard InChI is InChI=1S/C18H25N5OS.C4H7N.C2H6/c1-5-14-10(2)20-17(25-14)15-11(3)21-18(19-4)23-16(15)22-13-7-6-12(8-13)9-24;1-3-5-4-2;1-2/h5,12-13,24H,1,6-9H2,2-4H3,(H2,19,21,22,23);3-4H,1H2,2H3;1-2H3. The van der Waals surface area contributed by atoms with Gasteiger partial charge in [-0.1, -0.05) is 33.1 Å². The maximum Gasteiger partial charge on any atom is 0.224 e. The van der Waals surface area contributed by atoms with Crippen LogP contribution in [0.2, 0.25) is 0 Å². The number of aromatic nitrogens is 3. The van der Waals surface area contributed by atoms with E-state index < -0.39 is 0 Å². The topological polar surface area (TPSA) is 95.3 Å². The zero-order valence-electron chi connectivity index (χ0n) is 20.3. The Morgan fingerprint density at radius 2 is 1.88 bits per heavy atom. The highest BCUT2D eigenvalue weighted by atomic mass is 32.1. The van der Waals surface area contributed by atoms with Gasteiger partial charge < -0.3 is 15.7 Å². The molecule has 3 N–H and O–H groups in total. The second-order valence-corrected chi connectivity index (χ2v) is 8.10. The van der Waals surface area contributed by atoms with Crippen LogP contribution < -0.4 is 10.6 Å². The van der Waals surface area contributed by atoms with Crippen molar-refractivity contribution in [1.29, 1.82) is 0 Å². The molecule has 0 bridgehead atoms. The Labute approximate surface area is 196 Å². The lowest BCUT2D eigenvalue weighted by Gasteiger charge is -2.18. The second-order valence-electron chi connectivity index (χ2n) is 7.07. The molecule has 0 amide bonds. The van der Waals surface area contributed by atoms with Gasteiger partial charge in [-0.2, -0.15) is 4.98 Å². The molecular formula is C24H38N6OS. The van der Waals surface area contributed by atoms with Crippen LogP contribution in [0, 0.1) is 19.8 Å². The van der Waals surface area contributed by atoms with Crippen LogP contribution in [0.4, 0.5) is 11.8 Å². The van der Waals surface area contributed by atoms with E-state index in [2.05, 4.69) is 38.8 Å². The number of rotatable bonds is 7. The molecule has 1 aliphatic rings. The summed E-state index contributed by atoms with van der Waals surface area (Å²) < 4.78 is 0. The van der Waals surface area contributed by atoms with Crippen molar-refractivity contribution in [2.75, 3.05) is 24.3 Å². The van der Waals surface area contributed by atoms with Gasteiger partial charge >= 0.3 is 0 Å². The van der Waals surface area contributed by atoms with Crippen LogP contribution in [0.1, 0.15) is 56.3 Å². The van der Waals surface area contributed by atoms with Gasteiger partial charge in [-0.25, -0.2) is 9.97 Å². The summed E-state index contributed by atoms with van der Waals surface area (Å²) in [6.07, 6.45) is 8.07. The van der Waals surface area contributed by atoms with Gasteiger partial charge in [0, 0.05) is 37.0 Å². The Bertz CT molecular complexity index is 893. The first-order chi connectivity index (χ1) is 15.5. The lowest BCUT2D eigenvalue weighted by molar-refractivity contribution is 0.229. The summed E-state index contributed by atoms with van der Waals surface area (Å²) in [5, 5.41) is 16.9. The minimum Gasteiger partial charge on any atom is -0.396 e. The number of anilines is 2. The number of hydrogen-bond donors (Lipinski definition) is 3. The summed E-state index contributed by atoms with van der Waals surface area (Å²) in [5.41, 5.74) is 2.81. The molecule has 2 unspecified atom stereocenters. The van der Waals surface area contributed by atoms with Crippen molar-refractivity contribution < 1.29 is 5.11 Å². The lowest BCUT2D eigenvalue weighted by atomic mass is 10.1. The van der Waals surface area contributed by atoms with Crippen LogP contribution in [0.3, 0.4) is 0 Å². The number of nitrogens with zero attached hydrogens (tertiary/aromatic N) is 4. The Morgan fingerprint density at radius 1 is 1.16 bits per heavy atom. The molecular weight excluding hydrogens is 420 g/mol. The third kappa shape index (κ3) is 7.53. The zero-order valence-corrected chi connectivity index (χ0v) is 21.1. The van der Waals surface area contributed by atoms with Gasteiger partial charge in [0.05, 0.1) is 17.0 Å². The largest absolute Gasteiger partial charge is 0.396 e. The normalized spacial score (nSPS) is 17.1. The molecule has 7 nitrogen and oxygen atoms in total. The van der Waals surface area contributed by atoms with Gasteiger partial charge in [-0.15, -0.1) is 11.3 Å². The minimum absolute atomic E-state index is 0.254. The second kappa shape index (κ2) is 14.5. The van der Waals surface area contributed by atoms with Gasteiger partial charge in [-0.3, -0.25) is 4.99 Å². The van der Waals surface area contributed by atoms with E-state index in [1.807, 2.05) is 47.7 Å². The molecule has 0 aliphatic heterocycles. The quantitative estimate of drug-likeness (QED) is 0.459. The van der Waals surface area contributed by atoms with E-state index in [4.69, 9.17) is 4.98 Å². The molecule has 0 radical (unpaired) electrons. The van der Waals surface area contributed by atoms with Crippen molar-refractivity contribution in [3.8, 4) is 10.6 Å². The maximum atomic E-state index is 9.39. The van der Waals surface area contributed by atoms with Crippen molar-refractivity contribution in [3.63, 3.8) is 0 Å². The van der Waals surface area contributed by atoms with Crippen LogP contribution in [0.25, 0.3) is 16.6 Å². The van der Waals surface area contributed by atoms with E-state index in [-0.39, 0.29) is 6.61 Å². The van der Waals surface area contributed by atoms with E-state index in [1.54, 1.807) is 17.6 Å². The number of aliphatic imine (C=N–C) groups is 1. The van der Waals surface area contributed by atoms with Crippen molar-refractivity contribution in [2.24, 2.45) is 10.9 Å². The molecule has 0 aromatic carbocycles. The molecule has 2 heterocycles. The van der Waals surface area contributed by atoms with Crippen molar-refractivity contribution in [1.82, 2.24) is 15.0 Å². The Kier molecular flexibility index (Phi) is 12.4. The van der Waals surface area contributed by atoms with Gasteiger partial charge in [0.15, 0.2) is 0 Å². The highest BCUT2D eigenvalue weighted by Gasteiger charge is 2.26. The molecule has 176 valence electrons. The third-order valence-corrected chi connectivity index (χ3v) is 6.11. The van der Waals surface area contributed by atoms with E-state index in [9.17, 15) is 5.11 Å². The summed E-state index contributed by atoms with van der Waals surface area (Å²) in [4.78, 5) is 18.6. The van der Waals surface area contributed by atoms with Crippen LogP contribution in [-0.4, -0.2) is 46.0 Å². The molecule has 1 fully saturated rings. The molecule has 8 heteroatoms. The Balaban J connectivity index is 0.000000646. The lowest BCUT2D eigenvalue weighted by Crippen LogP contribution is -2.19. The fourth-order valence-corrected chi connectivity index (χ4v) is 4.43. The number of hydrogen-bond acceptors (Lipinski definition) is 8. The molecule has 1 saturated carbocycles. The molecule has 2 aromatic heterocycles. The summed E-state index contributed by atoms with van der Waals surface area (Å²) in [6.45, 7) is 17.3. The van der Waals surface area contributed by atoms with Crippen molar-refractivity contribution >= 4 is 35.4 Å². The molecule has 1 aliphatic carbocycles. The first-order valence-electron chi connectivity index (χ1n) is 11.1. The highest BCUT2D eigenvalue weighted by molar-refractivity contribution is 7.16. The number of aryl methyl sites for hydroxylation is 2. The van der Waals surface area contributed by atoms with E-state index >= 15 is 0 Å². The van der Waals surface area contributed by atoms with E-state index in [1.165, 1.54) is 6.20 Å². The van der Waals surface area contributed by atoms with Crippen molar-refractivity contribution in [3.05, 3.63) is 35.6 Å². The number of aliphatic hydroxyl groups is 1. The zero-order chi connectivity index (χ0) is 24.1. The van der Waals surface area contributed by atoms with Crippen LogP contribution in [-0.2, 0) is 0 Å². The SMILES string of the molecule is C=CN=CC.C=Cc1sc(-c2c(C)nc(NC)nc2NC2CCC(CO)C2)nc1C.CC. The van der Waals surface area contributed by atoms with E-state index in [0.717, 1.165) is 51.9 Å². The summed E-state index contributed by atoms with van der Waals surface area (Å²) >= 11 is 1.61. The smallest absolute Gasteiger partial charge is 0.224 e. The molecule has 0 saturated heterocycles. The molecule has 2 aromatic rings. The fourth-order valence-electron chi connectivity index (χ4n) is 3.42. The predicted octanol–water partition coefficient (Wildman–Crippen LogP) is 5.72. The maximum absolute atomic E-state index is 9.39. The Hall–Kier alpha value is -2.58. The minimum atomic E-state index is 0.254. The molecule has 32 heavy (non-hydrogen) atoms. The van der Waals surface area contributed by atoms with E-state index in [0.29, 0.717) is 17.9 Å². The molecule has 2 atom stereocenters. The van der Waals surface area contributed by atoms with Crippen molar-refractivity contribution in [2.45, 2.75) is 59.9 Å².